The summed E-state index contributed by atoms with van der Waals surface area (Å²) in [5.74, 6) is -1.25. The molecule has 0 aliphatic heterocycles. The molecule has 0 fully saturated rings. The van der Waals surface area contributed by atoms with Gasteiger partial charge in [-0.05, 0) is 26.8 Å². The summed E-state index contributed by atoms with van der Waals surface area (Å²) in [5, 5.41) is 32.8. The molecule has 2 unspecified atom stereocenters. The van der Waals surface area contributed by atoms with E-state index >= 15 is 0 Å². The lowest BCUT2D eigenvalue weighted by molar-refractivity contribution is 0.0128. The average molecular weight is 350 g/mol. The van der Waals surface area contributed by atoms with Gasteiger partial charge >= 0.3 is 12.1 Å². The van der Waals surface area contributed by atoms with E-state index in [9.17, 15) is 24.9 Å². The van der Waals surface area contributed by atoms with Gasteiger partial charge in [0.2, 0.25) is 0 Å². The normalized spacial score (nSPS) is 14.1. The quantitative estimate of drug-likeness (QED) is 0.558. The highest BCUT2D eigenvalue weighted by Gasteiger charge is 2.28. The molecule has 0 saturated heterocycles. The largest absolute Gasteiger partial charge is 0.477 e. The number of carbonyl (C=O) groups excluding carboxylic acids is 1. The molecule has 2 rings (SSSR count). The van der Waals surface area contributed by atoms with Crippen molar-refractivity contribution in [2.45, 2.75) is 38.6 Å². The van der Waals surface area contributed by atoms with Gasteiger partial charge in [-0.3, -0.25) is 0 Å². The number of ether oxygens (including phenoxy) is 1. The van der Waals surface area contributed by atoms with Crippen LogP contribution >= 0.6 is 0 Å². The maximum absolute atomic E-state index is 11.6. The molecule has 1 aromatic heterocycles. The predicted molar refractivity (Wildman–Crippen MR) is 90.5 cm³/mol. The fourth-order valence-electron chi connectivity index (χ4n) is 2.45. The number of carboxylic acids is 1. The first-order valence-electron chi connectivity index (χ1n) is 7.77. The molecule has 0 bridgehead atoms. The predicted octanol–water partition coefficient (Wildman–Crippen LogP) is 1.79. The highest BCUT2D eigenvalue weighted by atomic mass is 16.6. The van der Waals surface area contributed by atoms with Gasteiger partial charge in [-0.15, -0.1) is 0 Å². The van der Waals surface area contributed by atoms with E-state index in [1.54, 1.807) is 45.0 Å². The van der Waals surface area contributed by atoms with E-state index in [1.807, 2.05) is 0 Å². The first kappa shape index (κ1) is 18.8. The molecular weight excluding hydrogens is 328 g/mol. The number of carbonyl (C=O) groups is 2. The van der Waals surface area contributed by atoms with Crippen LogP contribution < -0.4 is 5.32 Å². The summed E-state index contributed by atoms with van der Waals surface area (Å²) in [7, 11) is 0. The molecule has 0 spiro atoms. The van der Waals surface area contributed by atoms with E-state index in [1.165, 1.54) is 0 Å². The summed E-state index contributed by atoms with van der Waals surface area (Å²) in [4.78, 5) is 25.8. The Morgan fingerprint density at radius 2 is 1.88 bits per heavy atom. The van der Waals surface area contributed by atoms with Crippen LogP contribution in [0.25, 0.3) is 10.9 Å². The number of H-pyrrole nitrogens is 1. The number of nitrogens with one attached hydrogen (secondary N) is 2. The van der Waals surface area contributed by atoms with Gasteiger partial charge in [-0.1, -0.05) is 18.2 Å². The molecule has 0 radical (unpaired) electrons. The van der Waals surface area contributed by atoms with Gasteiger partial charge in [-0.2, -0.15) is 0 Å². The van der Waals surface area contributed by atoms with Crippen molar-refractivity contribution in [2.75, 3.05) is 6.54 Å². The lowest BCUT2D eigenvalue weighted by atomic mass is 10.0. The number of aromatic amines is 1. The third-order valence-electron chi connectivity index (χ3n) is 3.47. The standard InChI is InChI=1S/C17H22N2O6/c1-17(2,3)25-16(24)18-8-11(20)14(21)12-9-6-4-5-7-10(9)19-13(12)15(22)23/h4-7,11,14,19-21H,8H2,1-3H3,(H,18,24)(H,22,23). The van der Waals surface area contributed by atoms with E-state index in [2.05, 4.69) is 10.3 Å². The lowest BCUT2D eigenvalue weighted by Crippen LogP contribution is -2.39. The Bertz CT molecular complexity index is 777. The number of aliphatic hydroxyl groups excluding tert-OH is 2. The molecule has 8 heteroatoms. The van der Waals surface area contributed by atoms with Crippen molar-refractivity contribution in [3.63, 3.8) is 0 Å². The Kier molecular flexibility index (Phi) is 5.34. The number of hydrogen-bond acceptors (Lipinski definition) is 5. The second-order valence-corrected chi connectivity index (χ2v) is 6.66. The summed E-state index contributed by atoms with van der Waals surface area (Å²) in [6.45, 7) is 4.80. The smallest absolute Gasteiger partial charge is 0.407 e. The number of benzene rings is 1. The SMILES string of the molecule is CC(C)(C)OC(=O)NCC(O)C(O)c1c(C(=O)O)[nH]c2ccccc12. The van der Waals surface area contributed by atoms with Crippen LogP contribution in [0.5, 0.6) is 0 Å². The Balaban J connectivity index is 2.18. The third kappa shape index (κ3) is 4.49. The number of aromatic carboxylic acids is 1. The molecule has 0 aliphatic carbocycles. The van der Waals surface area contributed by atoms with Crippen molar-refractivity contribution in [3.8, 4) is 0 Å². The van der Waals surface area contributed by atoms with E-state index in [-0.39, 0.29) is 17.8 Å². The van der Waals surface area contributed by atoms with Gasteiger partial charge < -0.3 is 30.4 Å². The number of aliphatic hydroxyl groups is 2. The number of fused-ring (bicyclic) bond motifs is 1. The van der Waals surface area contributed by atoms with Crippen molar-refractivity contribution in [3.05, 3.63) is 35.5 Å². The molecule has 2 atom stereocenters. The zero-order valence-corrected chi connectivity index (χ0v) is 14.2. The van der Waals surface area contributed by atoms with E-state index in [0.717, 1.165) is 0 Å². The third-order valence-corrected chi connectivity index (χ3v) is 3.47. The van der Waals surface area contributed by atoms with Crippen molar-refractivity contribution in [2.24, 2.45) is 0 Å². The highest BCUT2D eigenvalue weighted by Crippen LogP contribution is 2.30. The molecule has 136 valence electrons. The van der Waals surface area contributed by atoms with E-state index in [0.29, 0.717) is 10.9 Å². The highest BCUT2D eigenvalue weighted by molar-refractivity contribution is 5.97. The first-order chi connectivity index (χ1) is 11.6. The second kappa shape index (κ2) is 7.12. The fourth-order valence-corrected chi connectivity index (χ4v) is 2.45. The number of hydrogen-bond donors (Lipinski definition) is 5. The number of amides is 1. The molecular formula is C17H22N2O6. The van der Waals surface area contributed by atoms with Crippen LogP contribution in [0.2, 0.25) is 0 Å². The molecule has 8 nitrogen and oxygen atoms in total. The molecule has 1 heterocycles. The summed E-state index contributed by atoms with van der Waals surface area (Å²) in [6.07, 6.45) is -3.65. The van der Waals surface area contributed by atoms with Gasteiger partial charge in [0.15, 0.2) is 0 Å². The Labute approximate surface area is 144 Å². The van der Waals surface area contributed by atoms with Gasteiger partial charge in [0.1, 0.15) is 23.5 Å². The fraction of sp³-hybridized carbons (Fsp3) is 0.412. The van der Waals surface area contributed by atoms with Gasteiger partial charge in [0.25, 0.3) is 0 Å². The number of aromatic nitrogens is 1. The van der Waals surface area contributed by atoms with Gasteiger partial charge in [0, 0.05) is 23.0 Å². The van der Waals surface area contributed by atoms with E-state index in [4.69, 9.17) is 4.74 Å². The molecule has 1 aromatic carbocycles. The zero-order valence-electron chi connectivity index (χ0n) is 14.2. The first-order valence-corrected chi connectivity index (χ1v) is 7.77. The van der Waals surface area contributed by atoms with Crippen LogP contribution in [0.4, 0.5) is 4.79 Å². The van der Waals surface area contributed by atoms with Crippen molar-refractivity contribution in [1.82, 2.24) is 10.3 Å². The zero-order chi connectivity index (χ0) is 18.8. The maximum Gasteiger partial charge on any atom is 0.407 e. The monoisotopic (exact) mass is 350 g/mol. The average Bonchev–Trinajstić information content (AvgIpc) is 2.90. The molecule has 25 heavy (non-hydrogen) atoms. The summed E-state index contributed by atoms with van der Waals surface area (Å²) >= 11 is 0. The van der Waals surface area contributed by atoms with Crippen molar-refractivity contribution in [1.29, 1.82) is 0 Å². The van der Waals surface area contributed by atoms with Crippen molar-refractivity contribution >= 4 is 23.0 Å². The minimum Gasteiger partial charge on any atom is -0.477 e. The molecule has 5 N–H and O–H groups in total. The van der Waals surface area contributed by atoms with Crippen LogP contribution in [-0.2, 0) is 4.74 Å². The van der Waals surface area contributed by atoms with Crippen LogP contribution in [0.15, 0.2) is 24.3 Å². The number of carboxylic acid groups (broad SMARTS) is 1. The topological polar surface area (TPSA) is 132 Å². The number of alkyl carbamates (subject to hydrolysis) is 1. The van der Waals surface area contributed by atoms with E-state index < -0.39 is 29.9 Å². The minimum atomic E-state index is -1.50. The maximum atomic E-state index is 11.6. The van der Waals surface area contributed by atoms with Gasteiger partial charge in [-0.25, -0.2) is 9.59 Å². The van der Waals surface area contributed by atoms with Crippen LogP contribution in [0.3, 0.4) is 0 Å². The summed E-state index contributed by atoms with van der Waals surface area (Å²) < 4.78 is 5.05. The molecule has 1 amide bonds. The Morgan fingerprint density at radius 1 is 1.24 bits per heavy atom. The molecule has 0 aliphatic rings. The van der Waals surface area contributed by atoms with Crippen LogP contribution in [-0.4, -0.2) is 50.6 Å². The Morgan fingerprint density at radius 3 is 2.48 bits per heavy atom. The van der Waals surface area contributed by atoms with Crippen LogP contribution in [0.1, 0.15) is 42.9 Å². The van der Waals surface area contributed by atoms with Gasteiger partial charge in [0.05, 0.1) is 0 Å². The van der Waals surface area contributed by atoms with Crippen LogP contribution in [0, 0.1) is 0 Å². The summed E-state index contributed by atoms with van der Waals surface area (Å²) in [6, 6.07) is 6.73. The number of para-hydroxylation sites is 1. The molecule has 0 saturated carbocycles. The second-order valence-electron chi connectivity index (χ2n) is 6.66. The molecule has 2 aromatic rings. The van der Waals surface area contributed by atoms with Crippen molar-refractivity contribution < 1.29 is 29.6 Å². The number of rotatable bonds is 5. The summed E-state index contributed by atoms with van der Waals surface area (Å²) in [5.41, 5.74) is -0.297. The lowest BCUT2D eigenvalue weighted by Gasteiger charge is -2.22. The minimum absolute atomic E-state index is 0.0709. The Hall–Kier alpha value is -2.58.